The van der Waals surface area contributed by atoms with E-state index in [0.29, 0.717) is 13.2 Å². The molecule has 78 valence electrons. The lowest BCUT2D eigenvalue weighted by atomic mass is 10.2. The lowest BCUT2D eigenvalue weighted by Gasteiger charge is -2.33. The van der Waals surface area contributed by atoms with Crippen molar-refractivity contribution in [2.75, 3.05) is 20.3 Å². The van der Waals surface area contributed by atoms with Gasteiger partial charge in [-0.05, 0) is 26.7 Å². The van der Waals surface area contributed by atoms with Crippen LogP contribution in [0.2, 0.25) is 0 Å². The summed E-state index contributed by atoms with van der Waals surface area (Å²) in [6.45, 7) is 5.34. The van der Waals surface area contributed by atoms with Crippen molar-refractivity contribution in [1.82, 2.24) is 0 Å². The van der Waals surface area contributed by atoms with E-state index in [4.69, 9.17) is 14.2 Å². The zero-order valence-electron chi connectivity index (χ0n) is 8.84. The van der Waals surface area contributed by atoms with E-state index >= 15 is 0 Å². The molecule has 0 heterocycles. The summed E-state index contributed by atoms with van der Waals surface area (Å²) in [4.78, 5) is 0. The maximum atomic E-state index is 5.69. The van der Waals surface area contributed by atoms with Gasteiger partial charge in [0.25, 0.3) is 0 Å². The van der Waals surface area contributed by atoms with Crippen molar-refractivity contribution in [3.63, 3.8) is 0 Å². The van der Waals surface area contributed by atoms with Crippen LogP contribution < -0.4 is 0 Å². The molecular weight excluding hydrogens is 168 g/mol. The van der Waals surface area contributed by atoms with E-state index in [1.54, 1.807) is 7.11 Å². The van der Waals surface area contributed by atoms with Crippen molar-refractivity contribution in [2.24, 2.45) is 0 Å². The highest BCUT2D eigenvalue weighted by molar-refractivity contribution is 4.87. The summed E-state index contributed by atoms with van der Waals surface area (Å²) in [5.74, 6) is -0.460. The van der Waals surface area contributed by atoms with Gasteiger partial charge in [-0.3, -0.25) is 0 Å². The molecule has 0 bridgehead atoms. The van der Waals surface area contributed by atoms with Gasteiger partial charge in [0, 0.05) is 26.7 Å². The van der Waals surface area contributed by atoms with Crippen LogP contribution in [0.15, 0.2) is 0 Å². The van der Waals surface area contributed by atoms with Crippen molar-refractivity contribution in [3.05, 3.63) is 0 Å². The van der Waals surface area contributed by atoms with Gasteiger partial charge in [0.1, 0.15) is 6.10 Å². The minimum atomic E-state index is -0.460. The van der Waals surface area contributed by atoms with Crippen molar-refractivity contribution >= 4 is 0 Å². The SMILES string of the molecule is CCOC1(OCC)CCCC1OC. The van der Waals surface area contributed by atoms with Gasteiger partial charge < -0.3 is 14.2 Å². The second-order valence-electron chi connectivity index (χ2n) is 3.29. The number of methoxy groups -OCH3 is 1. The highest BCUT2D eigenvalue weighted by Crippen LogP contribution is 2.36. The molecule has 3 nitrogen and oxygen atoms in total. The van der Waals surface area contributed by atoms with Gasteiger partial charge >= 0.3 is 0 Å². The van der Waals surface area contributed by atoms with E-state index in [9.17, 15) is 0 Å². The normalized spacial score (nSPS) is 26.5. The maximum Gasteiger partial charge on any atom is 0.194 e. The van der Waals surface area contributed by atoms with E-state index in [1.807, 2.05) is 13.8 Å². The molecular formula is C10H20O3. The first-order chi connectivity index (χ1) is 6.29. The van der Waals surface area contributed by atoms with Crippen LogP contribution in [0, 0.1) is 0 Å². The van der Waals surface area contributed by atoms with Crippen LogP contribution in [0.5, 0.6) is 0 Å². The third-order valence-corrected chi connectivity index (χ3v) is 2.54. The van der Waals surface area contributed by atoms with Crippen LogP contribution in [-0.4, -0.2) is 32.2 Å². The minimum Gasteiger partial charge on any atom is -0.376 e. The van der Waals surface area contributed by atoms with Crippen LogP contribution in [0.25, 0.3) is 0 Å². The van der Waals surface area contributed by atoms with E-state index in [0.717, 1.165) is 19.3 Å². The molecule has 0 radical (unpaired) electrons. The second kappa shape index (κ2) is 4.94. The predicted molar refractivity (Wildman–Crippen MR) is 50.6 cm³/mol. The Hall–Kier alpha value is -0.120. The first-order valence-corrected chi connectivity index (χ1v) is 5.09. The zero-order valence-corrected chi connectivity index (χ0v) is 8.84. The molecule has 1 unspecified atom stereocenters. The Morgan fingerprint density at radius 2 is 1.85 bits per heavy atom. The maximum absolute atomic E-state index is 5.69. The molecule has 1 aliphatic carbocycles. The molecule has 0 spiro atoms. The Balaban J connectivity index is 2.62. The van der Waals surface area contributed by atoms with Crippen LogP contribution in [0.1, 0.15) is 33.1 Å². The standard InChI is InChI=1S/C10H20O3/c1-4-12-10(13-5-2)8-6-7-9(10)11-3/h9H,4-8H2,1-3H3. The van der Waals surface area contributed by atoms with Gasteiger partial charge in [-0.15, -0.1) is 0 Å². The molecule has 3 heteroatoms. The molecule has 1 rings (SSSR count). The topological polar surface area (TPSA) is 27.7 Å². The largest absolute Gasteiger partial charge is 0.376 e. The average Bonchev–Trinajstić information content (AvgIpc) is 2.49. The van der Waals surface area contributed by atoms with Gasteiger partial charge in [0.05, 0.1) is 0 Å². The molecule has 0 saturated heterocycles. The van der Waals surface area contributed by atoms with Gasteiger partial charge in [-0.2, -0.15) is 0 Å². The van der Waals surface area contributed by atoms with Gasteiger partial charge in [-0.25, -0.2) is 0 Å². The molecule has 0 aliphatic heterocycles. The first kappa shape index (κ1) is 11.0. The summed E-state index contributed by atoms with van der Waals surface area (Å²) >= 11 is 0. The number of hydrogen-bond donors (Lipinski definition) is 0. The van der Waals surface area contributed by atoms with E-state index < -0.39 is 5.79 Å². The third kappa shape index (κ3) is 2.22. The molecule has 0 aromatic carbocycles. The Kier molecular flexibility index (Phi) is 4.16. The fourth-order valence-corrected chi connectivity index (χ4v) is 2.07. The molecule has 0 aromatic rings. The fraction of sp³-hybridized carbons (Fsp3) is 1.00. The third-order valence-electron chi connectivity index (χ3n) is 2.54. The quantitative estimate of drug-likeness (QED) is 0.617. The predicted octanol–water partition coefficient (Wildman–Crippen LogP) is 1.95. The number of hydrogen-bond acceptors (Lipinski definition) is 3. The molecule has 1 saturated carbocycles. The summed E-state index contributed by atoms with van der Waals surface area (Å²) in [6, 6.07) is 0. The van der Waals surface area contributed by atoms with Gasteiger partial charge in [-0.1, -0.05) is 0 Å². The molecule has 1 aliphatic rings. The minimum absolute atomic E-state index is 0.104. The first-order valence-electron chi connectivity index (χ1n) is 5.09. The van der Waals surface area contributed by atoms with Crippen molar-refractivity contribution in [3.8, 4) is 0 Å². The Bertz CT molecular complexity index is 141. The molecule has 0 N–H and O–H groups in total. The summed E-state index contributed by atoms with van der Waals surface area (Å²) in [6.07, 6.45) is 3.22. The Labute approximate surface area is 80.4 Å². The van der Waals surface area contributed by atoms with Crippen LogP contribution >= 0.6 is 0 Å². The van der Waals surface area contributed by atoms with Gasteiger partial charge in [0.15, 0.2) is 5.79 Å². The fourth-order valence-electron chi connectivity index (χ4n) is 2.07. The van der Waals surface area contributed by atoms with E-state index in [1.165, 1.54) is 0 Å². The van der Waals surface area contributed by atoms with E-state index in [-0.39, 0.29) is 6.10 Å². The summed E-state index contributed by atoms with van der Waals surface area (Å²) < 4.78 is 16.8. The monoisotopic (exact) mass is 188 g/mol. The highest BCUT2D eigenvalue weighted by atomic mass is 16.7. The number of ether oxygens (including phenoxy) is 3. The van der Waals surface area contributed by atoms with Crippen molar-refractivity contribution in [1.29, 1.82) is 0 Å². The summed E-state index contributed by atoms with van der Waals surface area (Å²) in [7, 11) is 1.72. The summed E-state index contributed by atoms with van der Waals surface area (Å²) in [5.41, 5.74) is 0. The lowest BCUT2D eigenvalue weighted by molar-refractivity contribution is -0.272. The highest BCUT2D eigenvalue weighted by Gasteiger charge is 2.45. The molecule has 0 aromatic heterocycles. The van der Waals surface area contributed by atoms with E-state index in [2.05, 4.69) is 0 Å². The molecule has 1 atom stereocenters. The van der Waals surface area contributed by atoms with Crippen LogP contribution in [0.3, 0.4) is 0 Å². The number of rotatable bonds is 5. The molecule has 0 amide bonds. The zero-order chi connectivity index (χ0) is 9.73. The summed E-state index contributed by atoms with van der Waals surface area (Å²) in [5, 5.41) is 0. The molecule has 13 heavy (non-hydrogen) atoms. The Morgan fingerprint density at radius 3 is 2.31 bits per heavy atom. The smallest absolute Gasteiger partial charge is 0.194 e. The lowest BCUT2D eigenvalue weighted by Crippen LogP contribution is -2.44. The average molecular weight is 188 g/mol. The second-order valence-corrected chi connectivity index (χ2v) is 3.29. The van der Waals surface area contributed by atoms with Crippen molar-refractivity contribution in [2.45, 2.75) is 45.0 Å². The van der Waals surface area contributed by atoms with Crippen LogP contribution in [-0.2, 0) is 14.2 Å². The van der Waals surface area contributed by atoms with Crippen molar-refractivity contribution < 1.29 is 14.2 Å². The van der Waals surface area contributed by atoms with Gasteiger partial charge in [0.2, 0.25) is 0 Å². The van der Waals surface area contributed by atoms with Crippen LogP contribution in [0.4, 0.5) is 0 Å². The molecule has 1 fully saturated rings. The Morgan fingerprint density at radius 1 is 1.23 bits per heavy atom.